The maximum absolute atomic E-state index is 16.4. The van der Waals surface area contributed by atoms with E-state index in [0.29, 0.717) is 41.6 Å². The molecule has 3 saturated heterocycles. The number of pyridine rings is 1. The smallest absolute Gasteiger partial charge is 0.319 e. The van der Waals surface area contributed by atoms with Gasteiger partial charge in [-0.05, 0) is 87.6 Å². The van der Waals surface area contributed by atoms with Crippen molar-refractivity contribution in [2.45, 2.75) is 56.9 Å². The van der Waals surface area contributed by atoms with Crippen LogP contribution in [-0.2, 0) is 6.42 Å². The van der Waals surface area contributed by atoms with E-state index in [9.17, 15) is 5.11 Å². The van der Waals surface area contributed by atoms with Gasteiger partial charge in [-0.3, -0.25) is 9.88 Å². The van der Waals surface area contributed by atoms with Crippen molar-refractivity contribution in [1.82, 2.24) is 19.9 Å². The largest absolute Gasteiger partial charge is 0.508 e. The SMILES string of the molecule is C#CCc1ccc(O)cc1-c1ncc2c(N3CC4CCC(C4)C3)nc(OCC34CCCN3CCC4)nc2c1F. The van der Waals surface area contributed by atoms with E-state index in [1.165, 1.54) is 38.2 Å². The second kappa shape index (κ2) is 9.63. The van der Waals surface area contributed by atoms with E-state index in [1.807, 2.05) is 0 Å². The van der Waals surface area contributed by atoms with Gasteiger partial charge in [0, 0.05) is 31.3 Å². The highest BCUT2D eigenvalue weighted by atomic mass is 19.1. The third-order valence-electron chi connectivity index (χ3n) is 9.47. The Morgan fingerprint density at radius 2 is 1.90 bits per heavy atom. The van der Waals surface area contributed by atoms with Crippen LogP contribution in [-0.4, -0.2) is 63.3 Å². The van der Waals surface area contributed by atoms with Gasteiger partial charge < -0.3 is 14.7 Å². The molecule has 1 aliphatic carbocycles. The lowest BCUT2D eigenvalue weighted by molar-refractivity contribution is 0.108. The summed E-state index contributed by atoms with van der Waals surface area (Å²) >= 11 is 0. The van der Waals surface area contributed by atoms with Crippen molar-refractivity contribution >= 4 is 16.7 Å². The maximum Gasteiger partial charge on any atom is 0.319 e. The van der Waals surface area contributed by atoms with Gasteiger partial charge in [0.1, 0.15) is 29.4 Å². The van der Waals surface area contributed by atoms with Gasteiger partial charge in [0.05, 0.1) is 10.9 Å². The third-order valence-corrected chi connectivity index (χ3v) is 9.47. The third kappa shape index (κ3) is 4.28. The fourth-order valence-electron chi connectivity index (χ4n) is 7.60. The molecule has 2 aromatic heterocycles. The number of halogens is 1. The van der Waals surface area contributed by atoms with Crippen molar-refractivity contribution in [3.63, 3.8) is 0 Å². The predicted molar refractivity (Wildman–Crippen MR) is 148 cm³/mol. The summed E-state index contributed by atoms with van der Waals surface area (Å²) in [6.45, 7) is 4.54. The Labute approximate surface area is 228 Å². The second-order valence-corrected chi connectivity index (χ2v) is 11.9. The maximum atomic E-state index is 16.4. The molecule has 7 nitrogen and oxygen atoms in total. The number of hydrogen-bond acceptors (Lipinski definition) is 7. The lowest BCUT2D eigenvalue weighted by atomic mass is 9.95. The number of aromatic hydroxyl groups is 1. The minimum absolute atomic E-state index is 0.0280. The molecule has 7 rings (SSSR count). The van der Waals surface area contributed by atoms with Crippen LogP contribution < -0.4 is 9.64 Å². The number of ether oxygens (including phenoxy) is 1. The number of piperidine rings is 1. The molecule has 39 heavy (non-hydrogen) atoms. The fourth-order valence-corrected chi connectivity index (χ4v) is 7.60. The highest BCUT2D eigenvalue weighted by Crippen LogP contribution is 2.42. The van der Waals surface area contributed by atoms with E-state index in [1.54, 1.807) is 18.3 Å². The summed E-state index contributed by atoms with van der Waals surface area (Å²) in [5, 5.41) is 10.8. The zero-order valence-electron chi connectivity index (χ0n) is 22.2. The molecule has 2 bridgehead atoms. The van der Waals surface area contributed by atoms with Crippen LogP contribution in [0.25, 0.3) is 22.2 Å². The Hall–Kier alpha value is -3.44. The summed E-state index contributed by atoms with van der Waals surface area (Å²) in [4.78, 5) is 18.9. The van der Waals surface area contributed by atoms with E-state index in [2.05, 4.69) is 25.7 Å². The van der Waals surface area contributed by atoms with E-state index in [0.717, 1.165) is 44.6 Å². The highest BCUT2D eigenvalue weighted by Gasteiger charge is 2.45. The minimum Gasteiger partial charge on any atom is -0.508 e. The first kappa shape index (κ1) is 24.6. The summed E-state index contributed by atoms with van der Waals surface area (Å²) in [5.74, 6) is 4.08. The number of phenolic OH excluding ortho intramolecular Hbond substituents is 1. The first-order valence-corrected chi connectivity index (χ1v) is 14.3. The molecule has 2 unspecified atom stereocenters. The number of terminal acetylenes is 1. The summed E-state index contributed by atoms with van der Waals surface area (Å²) < 4.78 is 22.7. The molecule has 8 heteroatoms. The molecule has 1 saturated carbocycles. The molecule has 0 spiro atoms. The van der Waals surface area contributed by atoms with E-state index < -0.39 is 5.82 Å². The Kier molecular flexibility index (Phi) is 6.07. The molecule has 5 heterocycles. The van der Waals surface area contributed by atoms with Crippen LogP contribution in [0.4, 0.5) is 10.2 Å². The van der Waals surface area contributed by atoms with Crippen molar-refractivity contribution in [2.75, 3.05) is 37.7 Å². The van der Waals surface area contributed by atoms with Gasteiger partial charge in [0.2, 0.25) is 0 Å². The summed E-state index contributed by atoms with van der Waals surface area (Å²) in [6.07, 6.45) is 15.8. The number of phenols is 1. The Balaban J connectivity index is 1.32. The molecule has 4 aliphatic rings. The minimum atomic E-state index is -0.550. The average Bonchev–Trinajstić information content (AvgIpc) is 3.62. The van der Waals surface area contributed by atoms with Crippen molar-refractivity contribution in [3.05, 3.63) is 35.8 Å². The van der Waals surface area contributed by atoms with Crippen LogP contribution in [0.2, 0.25) is 0 Å². The molecule has 2 atom stereocenters. The molecule has 4 fully saturated rings. The Morgan fingerprint density at radius 3 is 2.64 bits per heavy atom. The molecule has 202 valence electrons. The van der Waals surface area contributed by atoms with Crippen molar-refractivity contribution in [1.29, 1.82) is 0 Å². The van der Waals surface area contributed by atoms with Crippen LogP contribution in [0.5, 0.6) is 11.8 Å². The monoisotopic (exact) mass is 527 g/mol. The quantitative estimate of drug-likeness (QED) is 0.455. The standard InChI is InChI=1S/C31H34FN5O2/c1-2-5-22-8-9-23(38)15-24(22)27-26(32)28-25(16-33-27)29(36-17-20-6-7-21(14-20)18-36)35-30(34-28)39-19-31-10-3-12-37(31)13-4-11-31/h1,8-9,15-16,20-21,38H,3-7,10-14,17-19H2. The first-order chi connectivity index (χ1) is 19.0. The topological polar surface area (TPSA) is 74.6 Å². The molecular formula is C31H34FN5O2. The van der Waals surface area contributed by atoms with E-state index in [4.69, 9.17) is 16.1 Å². The number of aromatic nitrogens is 3. The number of nitrogens with zero attached hydrogens (tertiary/aromatic N) is 5. The molecular weight excluding hydrogens is 493 g/mol. The van der Waals surface area contributed by atoms with Crippen LogP contribution in [0.15, 0.2) is 24.4 Å². The van der Waals surface area contributed by atoms with Gasteiger partial charge in [-0.15, -0.1) is 12.3 Å². The van der Waals surface area contributed by atoms with Crippen LogP contribution >= 0.6 is 0 Å². The normalized spacial score (nSPS) is 23.7. The summed E-state index contributed by atoms with van der Waals surface area (Å²) in [5.41, 5.74) is 1.55. The molecule has 3 aliphatic heterocycles. The van der Waals surface area contributed by atoms with Crippen LogP contribution in [0, 0.1) is 30.0 Å². The Bertz CT molecular complexity index is 1450. The van der Waals surface area contributed by atoms with Crippen LogP contribution in [0.3, 0.4) is 0 Å². The van der Waals surface area contributed by atoms with Gasteiger partial charge in [-0.2, -0.15) is 9.97 Å². The zero-order chi connectivity index (χ0) is 26.6. The molecule has 1 aromatic carbocycles. The summed E-state index contributed by atoms with van der Waals surface area (Å²) in [6, 6.07) is 5.01. The van der Waals surface area contributed by atoms with Gasteiger partial charge in [-0.1, -0.05) is 6.07 Å². The molecule has 0 radical (unpaired) electrons. The number of benzene rings is 1. The van der Waals surface area contributed by atoms with Gasteiger partial charge in [-0.25, -0.2) is 4.39 Å². The summed E-state index contributed by atoms with van der Waals surface area (Å²) in [7, 11) is 0. The number of hydrogen-bond donors (Lipinski definition) is 1. The lowest BCUT2D eigenvalue weighted by Gasteiger charge is -2.34. The molecule has 3 aromatic rings. The average molecular weight is 528 g/mol. The molecule has 0 amide bonds. The van der Waals surface area contributed by atoms with Crippen molar-refractivity contribution in [3.8, 4) is 35.4 Å². The van der Waals surface area contributed by atoms with Crippen molar-refractivity contribution < 1.29 is 14.2 Å². The number of rotatable bonds is 6. The van der Waals surface area contributed by atoms with E-state index >= 15 is 4.39 Å². The van der Waals surface area contributed by atoms with Gasteiger partial charge in [0.15, 0.2) is 5.82 Å². The molecule has 1 N–H and O–H groups in total. The van der Waals surface area contributed by atoms with Gasteiger partial charge >= 0.3 is 6.01 Å². The second-order valence-electron chi connectivity index (χ2n) is 11.9. The van der Waals surface area contributed by atoms with Crippen LogP contribution in [0.1, 0.15) is 50.5 Å². The Morgan fingerprint density at radius 1 is 1.13 bits per heavy atom. The first-order valence-electron chi connectivity index (χ1n) is 14.3. The number of fused-ring (bicyclic) bond motifs is 4. The van der Waals surface area contributed by atoms with Gasteiger partial charge in [0.25, 0.3) is 0 Å². The predicted octanol–water partition coefficient (Wildman–Crippen LogP) is 4.96. The van der Waals surface area contributed by atoms with E-state index in [-0.39, 0.29) is 28.5 Å². The lowest BCUT2D eigenvalue weighted by Crippen LogP contribution is -2.43. The highest BCUT2D eigenvalue weighted by molar-refractivity contribution is 5.92. The fraction of sp³-hybridized carbons (Fsp3) is 0.516. The van der Waals surface area contributed by atoms with Crippen molar-refractivity contribution in [2.24, 2.45) is 11.8 Å². The number of anilines is 1. The zero-order valence-corrected chi connectivity index (χ0v) is 22.2.